The molecule has 0 heterocycles. The second kappa shape index (κ2) is 13.8. The molecule has 0 spiro atoms. The van der Waals surface area contributed by atoms with Gasteiger partial charge >= 0.3 is 0 Å². The number of hydrogen-bond acceptors (Lipinski definition) is 4. The van der Waals surface area contributed by atoms with E-state index in [1.807, 2.05) is 36.0 Å². The molecule has 2 N–H and O–H groups in total. The molecule has 1 aromatic carbocycles. The third-order valence-corrected chi connectivity index (χ3v) is 3.46. The summed E-state index contributed by atoms with van der Waals surface area (Å²) >= 11 is 1.85. The SMILES string of the molecule is CN=C(NCCCSC)NCCOc1ccc(OC)cc1.I. The number of hydrogen-bond donors (Lipinski definition) is 2. The van der Waals surface area contributed by atoms with Crippen molar-refractivity contribution >= 4 is 41.7 Å². The van der Waals surface area contributed by atoms with Crippen LogP contribution in [-0.2, 0) is 0 Å². The monoisotopic (exact) mass is 439 g/mol. The number of halogens is 1. The number of thioether (sulfide) groups is 1. The first-order valence-electron chi connectivity index (χ1n) is 7.00. The first kappa shape index (κ1) is 21.2. The molecule has 0 atom stereocenters. The van der Waals surface area contributed by atoms with Crippen molar-refractivity contribution in [3.8, 4) is 11.5 Å². The maximum atomic E-state index is 5.64. The summed E-state index contributed by atoms with van der Waals surface area (Å²) < 4.78 is 10.7. The van der Waals surface area contributed by atoms with E-state index >= 15 is 0 Å². The lowest BCUT2D eigenvalue weighted by atomic mass is 10.3. The van der Waals surface area contributed by atoms with E-state index in [4.69, 9.17) is 9.47 Å². The van der Waals surface area contributed by atoms with Crippen molar-refractivity contribution in [3.05, 3.63) is 24.3 Å². The molecule has 0 fully saturated rings. The lowest BCUT2D eigenvalue weighted by molar-refractivity contribution is 0.321. The van der Waals surface area contributed by atoms with Crippen molar-refractivity contribution < 1.29 is 9.47 Å². The molecule has 0 aromatic heterocycles. The normalized spacial score (nSPS) is 10.6. The zero-order valence-corrected chi connectivity index (χ0v) is 16.6. The topological polar surface area (TPSA) is 54.9 Å². The Morgan fingerprint density at radius 2 is 1.77 bits per heavy atom. The summed E-state index contributed by atoms with van der Waals surface area (Å²) in [5.41, 5.74) is 0. The minimum atomic E-state index is 0. The zero-order chi connectivity index (χ0) is 15.3. The maximum Gasteiger partial charge on any atom is 0.191 e. The summed E-state index contributed by atoms with van der Waals surface area (Å²) in [7, 11) is 3.42. The molecule has 1 rings (SSSR count). The number of aliphatic imine (C=N–C) groups is 1. The Balaban J connectivity index is 0.00000441. The minimum Gasteiger partial charge on any atom is -0.497 e. The molecule has 126 valence electrons. The average Bonchev–Trinajstić information content (AvgIpc) is 2.54. The van der Waals surface area contributed by atoms with E-state index in [1.165, 1.54) is 0 Å². The second-order valence-electron chi connectivity index (χ2n) is 4.30. The molecule has 0 saturated heterocycles. The van der Waals surface area contributed by atoms with E-state index in [1.54, 1.807) is 14.2 Å². The Kier molecular flexibility index (Phi) is 13.3. The summed E-state index contributed by atoms with van der Waals surface area (Å²) in [4.78, 5) is 4.17. The van der Waals surface area contributed by atoms with Crippen LogP contribution in [0, 0.1) is 0 Å². The van der Waals surface area contributed by atoms with Gasteiger partial charge in [-0.1, -0.05) is 0 Å². The van der Waals surface area contributed by atoms with Gasteiger partial charge in [-0.05, 0) is 42.7 Å². The van der Waals surface area contributed by atoms with E-state index in [0.29, 0.717) is 13.2 Å². The van der Waals surface area contributed by atoms with Gasteiger partial charge in [0.05, 0.1) is 13.7 Å². The predicted octanol–water partition coefficient (Wildman–Crippen LogP) is 2.61. The van der Waals surface area contributed by atoms with Crippen molar-refractivity contribution in [3.63, 3.8) is 0 Å². The highest BCUT2D eigenvalue weighted by Crippen LogP contribution is 2.16. The molecule has 0 radical (unpaired) electrons. The number of ether oxygens (including phenoxy) is 2. The van der Waals surface area contributed by atoms with Crippen LogP contribution in [0.15, 0.2) is 29.3 Å². The van der Waals surface area contributed by atoms with Crippen LogP contribution in [0.3, 0.4) is 0 Å². The average molecular weight is 439 g/mol. The smallest absolute Gasteiger partial charge is 0.191 e. The Hall–Kier alpha value is -0.830. The van der Waals surface area contributed by atoms with Crippen molar-refractivity contribution in [2.75, 3.05) is 45.9 Å². The van der Waals surface area contributed by atoms with Crippen LogP contribution in [0.5, 0.6) is 11.5 Å². The van der Waals surface area contributed by atoms with E-state index in [2.05, 4.69) is 21.9 Å². The van der Waals surface area contributed by atoms with Crippen LogP contribution >= 0.6 is 35.7 Å². The third kappa shape index (κ3) is 9.24. The summed E-state index contributed by atoms with van der Waals surface area (Å²) in [5.74, 6) is 3.63. The molecule has 0 aliphatic carbocycles. The van der Waals surface area contributed by atoms with Crippen LogP contribution < -0.4 is 20.1 Å². The third-order valence-electron chi connectivity index (χ3n) is 2.76. The fraction of sp³-hybridized carbons (Fsp3) is 0.533. The van der Waals surface area contributed by atoms with E-state index in [9.17, 15) is 0 Å². The molecule has 5 nitrogen and oxygen atoms in total. The summed E-state index contributed by atoms with van der Waals surface area (Å²) in [6.45, 7) is 2.21. The molecule has 0 bridgehead atoms. The summed E-state index contributed by atoms with van der Waals surface area (Å²) in [6.07, 6.45) is 3.24. The number of nitrogens with one attached hydrogen (secondary N) is 2. The zero-order valence-electron chi connectivity index (χ0n) is 13.4. The molecule has 7 heteroatoms. The second-order valence-corrected chi connectivity index (χ2v) is 5.28. The Morgan fingerprint density at radius 3 is 2.36 bits per heavy atom. The molecule has 0 aliphatic rings. The minimum absolute atomic E-state index is 0. The van der Waals surface area contributed by atoms with Gasteiger partial charge in [0.25, 0.3) is 0 Å². The largest absolute Gasteiger partial charge is 0.497 e. The van der Waals surface area contributed by atoms with Gasteiger partial charge in [-0.25, -0.2) is 0 Å². The highest BCUT2D eigenvalue weighted by atomic mass is 127. The Morgan fingerprint density at radius 1 is 1.14 bits per heavy atom. The number of nitrogens with zero attached hydrogens (tertiary/aromatic N) is 1. The fourth-order valence-corrected chi connectivity index (χ4v) is 2.09. The van der Waals surface area contributed by atoms with Crippen LogP contribution in [0.1, 0.15) is 6.42 Å². The molecule has 0 saturated carbocycles. The highest BCUT2D eigenvalue weighted by Gasteiger charge is 1.98. The molecule has 22 heavy (non-hydrogen) atoms. The molecule has 0 aliphatic heterocycles. The van der Waals surface area contributed by atoms with Crippen LogP contribution in [0.25, 0.3) is 0 Å². The van der Waals surface area contributed by atoms with Crippen LogP contribution in [0.2, 0.25) is 0 Å². The maximum absolute atomic E-state index is 5.64. The van der Waals surface area contributed by atoms with Gasteiger partial charge in [-0.3, -0.25) is 4.99 Å². The molecule has 0 unspecified atom stereocenters. The van der Waals surface area contributed by atoms with Gasteiger partial charge in [0.2, 0.25) is 0 Å². The van der Waals surface area contributed by atoms with E-state index < -0.39 is 0 Å². The number of guanidine groups is 1. The van der Waals surface area contributed by atoms with Crippen LogP contribution in [0.4, 0.5) is 0 Å². The molecule has 0 amide bonds. The van der Waals surface area contributed by atoms with Gasteiger partial charge in [0, 0.05) is 13.6 Å². The van der Waals surface area contributed by atoms with E-state index in [-0.39, 0.29) is 24.0 Å². The lowest BCUT2D eigenvalue weighted by Crippen LogP contribution is -2.39. The van der Waals surface area contributed by atoms with Crippen molar-refractivity contribution in [2.24, 2.45) is 4.99 Å². The number of rotatable bonds is 9. The van der Waals surface area contributed by atoms with Crippen molar-refractivity contribution in [1.29, 1.82) is 0 Å². The Labute approximate surface area is 154 Å². The quantitative estimate of drug-likeness (QED) is 0.268. The summed E-state index contributed by atoms with van der Waals surface area (Å²) in [6, 6.07) is 7.56. The standard InChI is InChI=1S/C15H25N3O2S.HI/c1-16-15(17-9-4-12-21-3)18-10-11-20-14-7-5-13(19-2)6-8-14;/h5-8H,4,9-12H2,1-3H3,(H2,16,17,18);1H. The molecular weight excluding hydrogens is 413 g/mol. The number of methoxy groups -OCH3 is 1. The Bertz CT molecular complexity index is 416. The van der Waals surface area contributed by atoms with Gasteiger partial charge in [0.1, 0.15) is 18.1 Å². The van der Waals surface area contributed by atoms with Gasteiger partial charge in [-0.2, -0.15) is 11.8 Å². The fourth-order valence-electron chi connectivity index (χ4n) is 1.65. The van der Waals surface area contributed by atoms with Crippen molar-refractivity contribution in [2.45, 2.75) is 6.42 Å². The molecule has 1 aromatic rings. The van der Waals surface area contributed by atoms with Gasteiger partial charge < -0.3 is 20.1 Å². The van der Waals surface area contributed by atoms with Crippen LogP contribution in [-0.4, -0.2) is 51.8 Å². The summed E-state index contributed by atoms with van der Waals surface area (Å²) in [5, 5.41) is 6.49. The highest BCUT2D eigenvalue weighted by molar-refractivity contribution is 14.0. The lowest BCUT2D eigenvalue weighted by Gasteiger charge is -2.12. The number of benzene rings is 1. The van der Waals surface area contributed by atoms with Gasteiger partial charge in [-0.15, -0.1) is 24.0 Å². The predicted molar refractivity (Wildman–Crippen MR) is 106 cm³/mol. The first-order valence-corrected chi connectivity index (χ1v) is 8.40. The van der Waals surface area contributed by atoms with E-state index in [0.717, 1.165) is 36.2 Å². The first-order chi connectivity index (χ1) is 10.3. The van der Waals surface area contributed by atoms with Crippen molar-refractivity contribution in [1.82, 2.24) is 10.6 Å². The van der Waals surface area contributed by atoms with Gasteiger partial charge in [0.15, 0.2) is 5.96 Å². The molecular formula is C15H26IN3O2S.